The van der Waals surface area contributed by atoms with Gasteiger partial charge in [-0.15, -0.1) is 0 Å². The SMILES string of the molecule is CC(C)(C)OC(=O)N1CC2(C(=O)O)CCC1CN2C(=O)OCC1c2ccccc2-c2ccccc21. The highest BCUT2D eigenvalue weighted by Gasteiger charge is 2.59. The van der Waals surface area contributed by atoms with Crippen molar-refractivity contribution in [2.45, 2.75) is 56.7 Å². The minimum Gasteiger partial charge on any atom is -0.479 e. The van der Waals surface area contributed by atoms with Crippen LogP contribution < -0.4 is 0 Å². The summed E-state index contributed by atoms with van der Waals surface area (Å²) in [5.41, 5.74) is 2.19. The van der Waals surface area contributed by atoms with Gasteiger partial charge in [-0.2, -0.15) is 0 Å². The van der Waals surface area contributed by atoms with Crippen LogP contribution >= 0.6 is 0 Å². The predicted molar refractivity (Wildman–Crippen MR) is 128 cm³/mol. The molecule has 1 aliphatic carbocycles. The van der Waals surface area contributed by atoms with Crippen LogP contribution in [0.3, 0.4) is 0 Å². The normalized spacial score (nSPS) is 23.0. The van der Waals surface area contributed by atoms with Crippen LogP contribution in [0.15, 0.2) is 48.5 Å². The Kier molecular flexibility index (Phi) is 5.49. The predicted octanol–water partition coefficient (Wildman–Crippen LogP) is 4.47. The maximum Gasteiger partial charge on any atom is 0.410 e. The van der Waals surface area contributed by atoms with Crippen LogP contribution in [0.1, 0.15) is 50.7 Å². The number of amides is 2. The van der Waals surface area contributed by atoms with Crippen LogP contribution in [0.5, 0.6) is 0 Å². The fourth-order valence-corrected chi connectivity index (χ4v) is 5.59. The van der Waals surface area contributed by atoms with Gasteiger partial charge in [0.05, 0.1) is 12.6 Å². The van der Waals surface area contributed by atoms with E-state index in [1.54, 1.807) is 20.8 Å². The van der Waals surface area contributed by atoms with Crippen LogP contribution in [0.2, 0.25) is 0 Å². The quantitative estimate of drug-likeness (QED) is 0.699. The van der Waals surface area contributed by atoms with Crippen molar-refractivity contribution in [1.82, 2.24) is 9.80 Å². The van der Waals surface area contributed by atoms with Gasteiger partial charge in [0.2, 0.25) is 0 Å². The maximum absolute atomic E-state index is 13.3. The number of carbonyl (C=O) groups is 3. The van der Waals surface area contributed by atoms with Crippen LogP contribution in [-0.2, 0) is 14.3 Å². The minimum atomic E-state index is -1.53. The second kappa shape index (κ2) is 8.29. The zero-order valence-corrected chi connectivity index (χ0v) is 20.2. The Morgan fingerprint density at radius 3 is 2.17 bits per heavy atom. The van der Waals surface area contributed by atoms with Crippen LogP contribution in [0, 0.1) is 0 Å². The standard InChI is InChI=1S/C27H30N2O6/c1-26(2,3)35-24(32)28-16-27(23(30)31)13-12-17(28)14-29(27)25(33)34-15-22-20-10-6-4-8-18(20)19-9-5-7-11-21(19)22/h4-11,17,22H,12-16H2,1-3H3,(H,30,31). The molecule has 3 heterocycles. The Bertz CT molecular complexity index is 1140. The highest BCUT2D eigenvalue weighted by molar-refractivity contribution is 5.87. The molecule has 2 amide bonds. The van der Waals surface area contributed by atoms with E-state index in [0.717, 1.165) is 22.3 Å². The summed E-state index contributed by atoms with van der Waals surface area (Å²) in [4.78, 5) is 41.3. The average molecular weight is 479 g/mol. The lowest BCUT2D eigenvalue weighted by atomic mass is 9.79. The molecule has 8 heteroatoms. The van der Waals surface area contributed by atoms with E-state index in [0.29, 0.717) is 6.42 Å². The number of fused-ring (bicyclic) bond motifs is 6. The summed E-state index contributed by atoms with van der Waals surface area (Å²) in [7, 11) is 0. The summed E-state index contributed by atoms with van der Waals surface area (Å²) in [6.45, 7) is 5.39. The lowest BCUT2D eigenvalue weighted by molar-refractivity contribution is -0.163. The van der Waals surface area contributed by atoms with Gasteiger partial charge in [-0.05, 0) is 55.9 Å². The van der Waals surface area contributed by atoms with E-state index in [1.165, 1.54) is 9.80 Å². The molecular formula is C27H30N2O6. The van der Waals surface area contributed by atoms with Crippen LogP contribution in [0.25, 0.3) is 11.1 Å². The number of nitrogens with zero attached hydrogens (tertiary/aromatic N) is 2. The number of hydrogen-bond donors (Lipinski definition) is 1. The van der Waals surface area contributed by atoms with E-state index in [2.05, 4.69) is 12.1 Å². The molecule has 0 saturated carbocycles. The fourth-order valence-electron chi connectivity index (χ4n) is 5.59. The van der Waals surface area contributed by atoms with Gasteiger partial charge in [-0.25, -0.2) is 14.4 Å². The fraction of sp³-hybridized carbons (Fsp3) is 0.444. The molecule has 1 N–H and O–H groups in total. The highest BCUT2D eigenvalue weighted by atomic mass is 16.6. The maximum atomic E-state index is 13.3. The first-order valence-electron chi connectivity index (χ1n) is 12.0. The molecular weight excluding hydrogens is 448 g/mol. The van der Waals surface area contributed by atoms with Crippen molar-refractivity contribution >= 4 is 18.2 Å². The largest absolute Gasteiger partial charge is 0.479 e. The van der Waals surface area contributed by atoms with E-state index in [4.69, 9.17) is 9.47 Å². The Balaban J connectivity index is 1.34. The van der Waals surface area contributed by atoms with Gasteiger partial charge in [0.1, 0.15) is 12.2 Å². The number of benzene rings is 2. The first-order chi connectivity index (χ1) is 16.6. The number of carboxylic acids is 1. The third kappa shape index (κ3) is 3.90. The van der Waals surface area contributed by atoms with Gasteiger partial charge in [0, 0.05) is 12.5 Å². The Morgan fingerprint density at radius 2 is 1.60 bits per heavy atom. The van der Waals surface area contributed by atoms with Crippen molar-refractivity contribution in [1.29, 1.82) is 0 Å². The van der Waals surface area contributed by atoms with E-state index >= 15 is 0 Å². The summed E-state index contributed by atoms with van der Waals surface area (Å²) >= 11 is 0. The summed E-state index contributed by atoms with van der Waals surface area (Å²) < 4.78 is 11.3. The second-order valence-corrected chi connectivity index (χ2v) is 10.6. The first kappa shape index (κ1) is 23.2. The van der Waals surface area contributed by atoms with Crippen LogP contribution in [0.4, 0.5) is 9.59 Å². The van der Waals surface area contributed by atoms with E-state index < -0.39 is 29.3 Å². The Morgan fingerprint density at radius 1 is 1.00 bits per heavy atom. The molecule has 2 aromatic rings. The number of aliphatic carboxylic acids is 1. The molecule has 8 nitrogen and oxygen atoms in total. The molecule has 3 saturated heterocycles. The Labute approximate surface area is 204 Å². The topological polar surface area (TPSA) is 96.4 Å². The molecule has 2 atom stereocenters. The summed E-state index contributed by atoms with van der Waals surface area (Å²) in [6, 6.07) is 15.8. The van der Waals surface area contributed by atoms with Gasteiger partial charge in [-0.1, -0.05) is 48.5 Å². The molecule has 3 fully saturated rings. The molecule has 184 valence electrons. The number of carboxylic acid groups (broad SMARTS) is 1. The van der Waals surface area contributed by atoms with Gasteiger partial charge in [0.25, 0.3) is 0 Å². The number of hydrogen-bond acceptors (Lipinski definition) is 5. The molecule has 2 unspecified atom stereocenters. The lowest BCUT2D eigenvalue weighted by Gasteiger charge is -2.55. The molecule has 0 aromatic heterocycles. The summed E-state index contributed by atoms with van der Waals surface area (Å²) in [6.07, 6.45) is -0.474. The molecule has 35 heavy (non-hydrogen) atoms. The van der Waals surface area contributed by atoms with Gasteiger partial charge in [-0.3, -0.25) is 4.90 Å². The number of rotatable bonds is 3. The van der Waals surface area contributed by atoms with Crippen molar-refractivity contribution in [2.24, 2.45) is 0 Å². The van der Waals surface area contributed by atoms with Crippen LogP contribution in [-0.4, -0.2) is 69.9 Å². The first-order valence-corrected chi connectivity index (χ1v) is 12.0. The van der Waals surface area contributed by atoms with E-state index in [-0.39, 0.29) is 38.1 Å². The Hall–Kier alpha value is -3.55. The molecule has 0 radical (unpaired) electrons. The number of ether oxygens (including phenoxy) is 2. The highest BCUT2D eigenvalue weighted by Crippen LogP contribution is 2.45. The van der Waals surface area contributed by atoms with Gasteiger partial charge >= 0.3 is 18.2 Å². The zero-order valence-electron chi connectivity index (χ0n) is 20.2. The molecule has 6 rings (SSSR count). The van der Waals surface area contributed by atoms with Crippen molar-refractivity contribution in [3.8, 4) is 11.1 Å². The van der Waals surface area contributed by atoms with Crippen molar-refractivity contribution in [2.75, 3.05) is 19.7 Å². The summed E-state index contributed by atoms with van der Waals surface area (Å²) in [5, 5.41) is 10.2. The third-order valence-corrected chi connectivity index (χ3v) is 7.26. The molecule has 0 spiro atoms. The molecule has 2 aromatic carbocycles. The van der Waals surface area contributed by atoms with Gasteiger partial charge < -0.3 is 19.5 Å². The van der Waals surface area contributed by atoms with Crippen molar-refractivity contribution in [3.63, 3.8) is 0 Å². The number of carbonyl (C=O) groups excluding carboxylic acids is 2. The molecule has 2 bridgehead atoms. The minimum absolute atomic E-state index is 0.0994. The smallest absolute Gasteiger partial charge is 0.410 e. The lowest BCUT2D eigenvalue weighted by Crippen LogP contribution is -2.75. The van der Waals surface area contributed by atoms with E-state index in [1.807, 2.05) is 36.4 Å². The molecule has 3 aliphatic heterocycles. The van der Waals surface area contributed by atoms with E-state index in [9.17, 15) is 19.5 Å². The summed E-state index contributed by atoms with van der Waals surface area (Å²) in [5.74, 6) is -1.26. The number of piperidine rings is 2. The average Bonchev–Trinajstić information content (AvgIpc) is 3.15. The van der Waals surface area contributed by atoms with Crippen molar-refractivity contribution in [3.05, 3.63) is 59.7 Å². The second-order valence-electron chi connectivity index (χ2n) is 10.6. The van der Waals surface area contributed by atoms with Gasteiger partial charge in [0.15, 0.2) is 5.54 Å². The molecule has 4 aliphatic rings. The number of piperazine rings is 1. The van der Waals surface area contributed by atoms with Crippen molar-refractivity contribution < 1.29 is 29.0 Å². The third-order valence-electron chi connectivity index (χ3n) is 7.26. The zero-order chi connectivity index (χ0) is 25.0. The monoisotopic (exact) mass is 478 g/mol.